The van der Waals surface area contributed by atoms with E-state index < -0.39 is 6.04 Å². The minimum Gasteiger partial charge on any atom is -0.338 e. The highest BCUT2D eigenvalue weighted by atomic mass is 16.2. The third kappa shape index (κ3) is 6.21. The van der Waals surface area contributed by atoms with Crippen LogP contribution in [0.3, 0.4) is 0 Å². The molecule has 7 heteroatoms. The molecule has 1 heterocycles. The standard InChI is InChI=1S/C23H36N4O3/c1-5-7-13-24-23(30)25-20(17(3)6-2)22(29)26-14-15-27(18(4)16-26)21(28)19-11-9-8-10-12-19/h8-12,17-18,20H,5-7,13-16H2,1-4H3,(H2,24,25,30). The molecule has 1 aliphatic rings. The van der Waals surface area contributed by atoms with Gasteiger partial charge in [0.15, 0.2) is 0 Å². The second-order valence-corrected chi connectivity index (χ2v) is 8.11. The molecule has 1 aliphatic heterocycles. The fraction of sp³-hybridized carbons (Fsp3) is 0.609. The van der Waals surface area contributed by atoms with E-state index in [1.165, 1.54) is 0 Å². The molecule has 2 rings (SSSR count). The number of hydrogen-bond acceptors (Lipinski definition) is 3. The highest BCUT2D eigenvalue weighted by Crippen LogP contribution is 2.17. The first kappa shape index (κ1) is 23.7. The normalized spacial score (nSPS) is 18.5. The Morgan fingerprint density at radius 1 is 1.13 bits per heavy atom. The first-order chi connectivity index (χ1) is 14.4. The molecule has 166 valence electrons. The molecular formula is C23H36N4O3. The summed E-state index contributed by atoms with van der Waals surface area (Å²) in [5.74, 6) is -0.0653. The lowest BCUT2D eigenvalue weighted by Crippen LogP contribution is -2.60. The molecule has 4 amide bonds. The Morgan fingerprint density at radius 3 is 2.43 bits per heavy atom. The Morgan fingerprint density at radius 2 is 1.83 bits per heavy atom. The van der Waals surface area contributed by atoms with E-state index in [9.17, 15) is 14.4 Å². The van der Waals surface area contributed by atoms with E-state index in [2.05, 4.69) is 17.6 Å². The number of piperazine rings is 1. The van der Waals surface area contributed by atoms with Crippen LogP contribution >= 0.6 is 0 Å². The number of nitrogens with one attached hydrogen (secondary N) is 2. The molecule has 1 aromatic rings. The van der Waals surface area contributed by atoms with E-state index in [-0.39, 0.29) is 29.8 Å². The third-order valence-corrected chi connectivity index (χ3v) is 5.80. The number of carbonyl (C=O) groups is 3. The lowest BCUT2D eigenvalue weighted by atomic mass is 9.97. The van der Waals surface area contributed by atoms with Gasteiger partial charge < -0.3 is 20.4 Å². The lowest BCUT2D eigenvalue weighted by Gasteiger charge is -2.41. The Kier molecular flexibility index (Phi) is 9.15. The van der Waals surface area contributed by atoms with Gasteiger partial charge in [0.2, 0.25) is 5.91 Å². The van der Waals surface area contributed by atoms with Crippen LogP contribution in [0.5, 0.6) is 0 Å². The first-order valence-electron chi connectivity index (χ1n) is 11.1. The summed E-state index contributed by atoms with van der Waals surface area (Å²) in [4.78, 5) is 41.9. The zero-order valence-electron chi connectivity index (χ0n) is 18.7. The summed E-state index contributed by atoms with van der Waals surface area (Å²) in [6.07, 6.45) is 2.69. The maximum Gasteiger partial charge on any atom is 0.315 e. The first-order valence-corrected chi connectivity index (χ1v) is 11.1. The Balaban J connectivity index is 2.00. The Labute approximate surface area is 180 Å². The van der Waals surface area contributed by atoms with Gasteiger partial charge in [0.25, 0.3) is 5.91 Å². The van der Waals surface area contributed by atoms with Crippen molar-refractivity contribution < 1.29 is 14.4 Å². The van der Waals surface area contributed by atoms with Crippen LogP contribution in [0, 0.1) is 5.92 Å². The average Bonchev–Trinajstić information content (AvgIpc) is 2.76. The van der Waals surface area contributed by atoms with Gasteiger partial charge in [-0.05, 0) is 31.4 Å². The van der Waals surface area contributed by atoms with Gasteiger partial charge in [-0.25, -0.2) is 4.79 Å². The molecule has 3 unspecified atom stereocenters. The Bertz CT molecular complexity index is 710. The molecule has 2 N–H and O–H groups in total. The zero-order chi connectivity index (χ0) is 22.1. The second-order valence-electron chi connectivity index (χ2n) is 8.11. The Hall–Kier alpha value is -2.57. The molecular weight excluding hydrogens is 380 g/mol. The second kappa shape index (κ2) is 11.6. The monoisotopic (exact) mass is 416 g/mol. The van der Waals surface area contributed by atoms with Gasteiger partial charge in [0.1, 0.15) is 6.04 Å². The van der Waals surface area contributed by atoms with E-state index >= 15 is 0 Å². The van der Waals surface area contributed by atoms with Crippen molar-refractivity contribution in [3.63, 3.8) is 0 Å². The highest BCUT2D eigenvalue weighted by molar-refractivity contribution is 5.94. The van der Waals surface area contributed by atoms with Crippen LogP contribution < -0.4 is 10.6 Å². The van der Waals surface area contributed by atoms with Crippen molar-refractivity contribution in [2.75, 3.05) is 26.2 Å². The van der Waals surface area contributed by atoms with Gasteiger partial charge in [-0.2, -0.15) is 0 Å². The summed E-state index contributed by atoms with van der Waals surface area (Å²) < 4.78 is 0. The number of unbranched alkanes of at least 4 members (excludes halogenated alkanes) is 1. The number of rotatable bonds is 8. The number of amides is 4. The van der Waals surface area contributed by atoms with Crippen molar-refractivity contribution in [1.29, 1.82) is 0 Å². The number of urea groups is 1. The maximum absolute atomic E-state index is 13.2. The quantitative estimate of drug-likeness (QED) is 0.640. The minimum absolute atomic E-state index is 0.0119. The molecule has 1 aromatic carbocycles. The average molecular weight is 417 g/mol. The van der Waals surface area contributed by atoms with Gasteiger partial charge in [-0.3, -0.25) is 9.59 Å². The molecule has 0 saturated carbocycles. The molecule has 1 fully saturated rings. The summed E-state index contributed by atoms with van der Waals surface area (Å²) in [7, 11) is 0. The van der Waals surface area contributed by atoms with Crippen LogP contribution in [0.15, 0.2) is 30.3 Å². The van der Waals surface area contributed by atoms with E-state index in [0.29, 0.717) is 31.7 Å². The predicted molar refractivity (Wildman–Crippen MR) is 118 cm³/mol. The molecule has 7 nitrogen and oxygen atoms in total. The summed E-state index contributed by atoms with van der Waals surface area (Å²) in [6, 6.07) is 8.26. The SMILES string of the molecule is CCCCNC(=O)NC(C(=O)N1CCN(C(=O)c2ccccc2)C(C)C1)C(C)CC. The fourth-order valence-corrected chi connectivity index (χ4v) is 3.66. The summed E-state index contributed by atoms with van der Waals surface area (Å²) >= 11 is 0. The van der Waals surface area contributed by atoms with E-state index in [0.717, 1.165) is 19.3 Å². The van der Waals surface area contributed by atoms with Crippen LogP contribution in [0.1, 0.15) is 57.3 Å². The van der Waals surface area contributed by atoms with Crippen LogP contribution in [0.2, 0.25) is 0 Å². The smallest absolute Gasteiger partial charge is 0.315 e. The molecule has 3 atom stereocenters. The van der Waals surface area contributed by atoms with Gasteiger partial charge in [0, 0.05) is 37.8 Å². The van der Waals surface area contributed by atoms with Crippen LogP contribution in [0.25, 0.3) is 0 Å². The molecule has 0 bridgehead atoms. The van der Waals surface area contributed by atoms with Gasteiger partial charge in [0.05, 0.1) is 0 Å². The lowest BCUT2D eigenvalue weighted by molar-refractivity contribution is -0.136. The molecule has 30 heavy (non-hydrogen) atoms. The zero-order valence-corrected chi connectivity index (χ0v) is 18.7. The molecule has 0 aromatic heterocycles. The predicted octanol–water partition coefficient (Wildman–Crippen LogP) is 2.87. The topological polar surface area (TPSA) is 81.8 Å². The number of hydrogen-bond donors (Lipinski definition) is 2. The van der Waals surface area contributed by atoms with E-state index in [1.54, 1.807) is 4.90 Å². The van der Waals surface area contributed by atoms with Crippen LogP contribution in [-0.4, -0.2) is 65.9 Å². The number of carbonyl (C=O) groups excluding carboxylic acids is 3. The summed E-state index contributed by atoms with van der Waals surface area (Å²) in [5.41, 5.74) is 0.659. The molecule has 0 radical (unpaired) electrons. The highest BCUT2D eigenvalue weighted by Gasteiger charge is 2.35. The summed E-state index contributed by atoms with van der Waals surface area (Å²) in [5, 5.41) is 5.70. The van der Waals surface area contributed by atoms with Crippen molar-refractivity contribution >= 4 is 17.8 Å². The maximum atomic E-state index is 13.2. The van der Waals surface area contributed by atoms with Gasteiger partial charge in [-0.1, -0.05) is 51.8 Å². The molecule has 0 aliphatic carbocycles. The molecule has 1 saturated heterocycles. The van der Waals surface area contributed by atoms with Gasteiger partial charge in [-0.15, -0.1) is 0 Å². The van der Waals surface area contributed by atoms with Crippen LogP contribution in [0.4, 0.5) is 4.79 Å². The largest absolute Gasteiger partial charge is 0.338 e. The van der Waals surface area contributed by atoms with Crippen LogP contribution in [-0.2, 0) is 4.79 Å². The van der Waals surface area contributed by atoms with Gasteiger partial charge >= 0.3 is 6.03 Å². The number of nitrogens with zero attached hydrogens (tertiary/aromatic N) is 2. The van der Waals surface area contributed by atoms with Crippen molar-refractivity contribution in [3.8, 4) is 0 Å². The minimum atomic E-state index is -0.569. The van der Waals surface area contributed by atoms with E-state index in [4.69, 9.17) is 0 Å². The fourth-order valence-electron chi connectivity index (χ4n) is 3.66. The third-order valence-electron chi connectivity index (χ3n) is 5.80. The van der Waals surface area contributed by atoms with Crippen molar-refractivity contribution in [1.82, 2.24) is 20.4 Å². The summed E-state index contributed by atoms with van der Waals surface area (Å²) in [6.45, 7) is 10.0. The number of benzene rings is 1. The van der Waals surface area contributed by atoms with Crippen molar-refractivity contribution in [3.05, 3.63) is 35.9 Å². The molecule has 0 spiro atoms. The van der Waals surface area contributed by atoms with Crippen molar-refractivity contribution in [2.24, 2.45) is 5.92 Å². The van der Waals surface area contributed by atoms with Crippen molar-refractivity contribution in [2.45, 2.75) is 59.0 Å². The van der Waals surface area contributed by atoms with E-state index in [1.807, 2.05) is 56.0 Å².